The Balaban J connectivity index is 5.47. The second-order valence-corrected chi connectivity index (χ2v) is 3.46. The smallest absolute Gasteiger partial charge is 0.473 e. The molecule has 0 saturated heterocycles. The fraction of sp³-hybridized carbons (Fsp3) is 0.600. The summed E-state index contributed by atoms with van der Waals surface area (Å²) in [6, 6.07) is -3.55. The van der Waals surface area contributed by atoms with Crippen molar-refractivity contribution in [3.05, 3.63) is 12.1 Å². The summed E-state index contributed by atoms with van der Waals surface area (Å²) in [5.74, 6) is -6.78. The molecule has 0 amide bonds. The normalized spacial score (nSPS) is 15.2. The SMILES string of the molecule is O=S([O-])C(F)(F)C(F)(F)C(F)(F)OC(F)=C(F)F. The maximum Gasteiger partial charge on any atom is 0.473 e. The highest BCUT2D eigenvalue weighted by molar-refractivity contribution is 7.80. The van der Waals surface area contributed by atoms with Crippen molar-refractivity contribution in [2.75, 3.05) is 0 Å². The van der Waals surface area contributed by atoms with E-state index in [1.165, 1.54) is 0 Å². The van der Waals surface area contributed by atoms with Crippen LogP contribution < -0.4 is 0 Å². The number of hydrogen-bond donors (Lipinski definition) is 0. The van der Waals surface area contributed by atoms with Crippen molar-refractivity contribution in [3.63, 3.8) is 0 Å². The van der Waals surface area contributed by atoms with Gasteiger partial charge in [-0.2, -0.15) is 39.5 Å². The van der Waals surface area contributed by atoms with Gasteiger partial charge in [0.05, 0.1) is 0 Å². The van der Waals surface area contributed by atoms with Crippen molar-refractivity contribution in [1.29, 1.82) is 0 Å². The fourth-order valence-electron chi connectivity index (χ4n) is 0.489. The average Bonchev–Trinajstić information content (AvgIpc) is 2.15. The van der Waals surface area contributed by atoms with Crippen LogP contribution in [-0.2, 0) is 15.8 Å². The van der Waals surface area contributed by atoms with Gasteiger partial charge in [0.25, 0.3) is 0 Å². The van der Waals surface area contributed by atoms with Crippen LogP contribution in [0.25, 0.3) is 0 Å². The third-order valence-corrected chi connectivity index (χ3v) is 1.98. The van der Waals surface area contributed by atoms with Crippen LogP contribution in [0.4, 0.5) is 39.5 Å². The first-order valence-corrected chi connectivity index (χ1v) is 4.47. The van der Waals surface area contributed by atoms with Gasteiger partial charge in [-0.25, -0.2) is 0 Å². The zero-order valence-electron chi connectivity index (χ0n) is 7.53. The lowest BCUT2D eigenvalue weighted by Gasteiger charge is -2.32. The standard InChI is InChI=1S/C5HF9O3S/c6-1(7)2(8)17-4(11,12)3(9,10)5(13,14)18(15)16/h(H,15,16)/p-1. The van der Waals surface area contributed by atoms with Crippen LogP contribution >= 0.6 is 0 Å². The Kier molecular flexibility index (Phi) is 4.68. The van der Waals surface area contributed by atoms with E-state index in [1.807, 2.05) is 4.74 Å². The highest BCUT2D eigenvalue weighted by Crippen LogP contribution is 2.48. The lowest BCUT2D eigenvalue weighted by atomic mass is 10.3. The fourth-order valence-corrected chi connectivity index (χ4v) is 0.817. The molecule has 13 heteroatoms. The van der Waals surface area contributed by atoms with Gasteiger partial charge in [-0.3, -0.25) is 4.21 Å². The Morgan fingerprint density at radius 3 is 1.67 bits per heavy atom. The first-order valence-electron chi connectivity index (χ1n) is 3.40. The van der Waals surface area contributed by atoms with E-state index in [1.54, 1.807) is 0 Å². The van der Waals surface area contributed by atoms with E-state index in [-0.39, 0.29) is 0 Å². The summed E-state index contributed by atoms with van der Waals surface area (Å²) < 4.78 is 130. The lowest BCUT2D eigenvalue weighted by Crippen LogP contribution is -2.57. The van der Waals surface area contributed by atoms with Gasteiger partial charge < -0.3 is 9.29 Å². The maximum atomic E-state index is 12.4. The molecule has 0 saturated carbocycles. The largest absolute Gasteiger partial charge is 0.768 e. The van der Waals surface area contributed by atoms with E-state index in [0.717, 1.165) is 0 Å². The third-order valence-electron chi connectivity index (χ3n) is 1.31. The van der Waals surface area contributed by atoms with Crippen LogP contribution in [0.15, 0.2) is 12.1 Å². The van der Waals surface area contributed by atoms with Crippen LogP contribution in [0.5, 0.6) is 0 Å². The van der Waals surface area contributed by atoms with E-state index < -0.39 is 40.5 Å². The van der Waals surface area contributed by atoms with Crippen LogP contribution in [0, 0.1) is 0 Å². The number of rotatable bonds is 5. The Hall–Kier alpha value is -0.980. The molecule has 0 radical (unpaired) electrons. The molecule has 0 aromatic carbocycles. The van der Waals surface area contributed by atoms with Crippen molar-refractivity contribution < 1.29 is 53.0 Å². The molecule has 3 nitrogen and oxygen atoms in total. The van der Waals surface area contributed by atoms with Gasteiger partial charge in [-0.1, -0.05) is 0 Å². The molecule has 0 spiro atoms. The molecule has 0 rings (SSSR count). The molecule has 0 aliphatic carbocycles. The Labute approximate surface area is 94.5 Å². The molecule has 0 aromatic heterocycles. The summed E-state index contributed by atoms with van der Waals surface area (Å²) in [4.78, 5) is 0. The van der Waals surface area contributed by atoms with Crippen LogP contribution in [0.2, 0.25) is 0 Å². The monoisotopic (exact) mass is 311 g/mol. The van der Waals surface area contributed by atoms with Gasteiger partial charge in [-0.05, 0) is 0 Å². The van der Waals surface area contributed by atoms with Crippen LogP contribution in [0.3, 0.4) is 0 Å². The summed E-state index contributed by atoms with van der Waals surface area (Å²) in [5.41, 5.74) is 0. The van der Waals surface area contributed by atoms with E-state index in [2.05, 4.69) is 0 Å². The lowest BCUT2D eigenvalue weighted by molar-refractivity contribution is -0.376. The quantitative estimate of drug-likeness (QED) is 0.446. The predicted molar refractivity (Wildman–Crippen MR) is 35.2 cm³/mol. The second kappa shape index (κ2) is 4.95. The number of alkyl halides is 6. The molecule has 0 bridgehead atoms. The zero-order valence-corrected chi connectivity index (χ0v) is 8.35. The van der Waals surface area contributed by atoms with E-state index in [9.17, 15) is 48.3 Å². The molecular weight excluding hydrogens is 311 g/mol. The van der Waals surface area contributed by atoms with Crippen molar-refractivity contribution in [3.8, 4) is 0 Å². The van der Waals surface area contributed by atoms with Gasteiger partial charge in [-0.15, -0.1) is 0 Å². The van der Waals surface area contributed by atoms with E-state index >= 15 is 0 Å². The molecule has 0 N–H and O–H groups in total. The molecule has 1 atom stereocenters. The zero-order chi connectivity index (χ0) is 14.9. The van der Waals surface area contributed by atoms with Gasteiger partial charge in [0.1, 0.15) is 0 Å². The molecule has 0 aliphatic heterocycles. The minimum absolute atomic E-state index is 2.03. The predicted octanol–water partition coefficient (Wildman–Crippen LogP) is 2.74. The average molecular weight is 311 g/mol. The Bertz CT molecular complexity index is 374. The molecule has 0 aliphatic rings. The van der Waals surface area contributed by atoms with E-state index in [4.69, 9.17) is 0 Å². The molecule has 18 heavy (non-hydrogen) atoms. The second-order valence-electron chi connectivity index (χ2n) is 2.48. The van der Waals surface area contributed by atoms with E-state index in [0.29, 0.717) is 0 Å². The number of hydrogen-bond acceptors (Lipinski definition) is 3. The van der Waals surface area contributed by atoms with Crippen LogP contribution in [0.1, 0.15) is 0 Å². The number of ether oxygens (including phenoxy) is 1. The summed E-state index contributed by atoms with van der Waals surface area (Å²) >= 11 is -5.04. The molecule has 0 fully saturated rings. The summed E-state index contributed by atoms with van der Waals surface area (Å²) in [7, 11) is 0. The van der Waals surface area contributed by atoms with Crippen molar-refractivity contribution in [2.24, 2.45) is 0 Å². The topological polar surface area (TPSA) is 49.4 Å². The van der Waals surface area contributed by atoms with Gasteiger partial charge >= 0.3 is 29.4 Å². The summed E-state index contributed by atoms with van der Waals surface area (Å²) in [6.45, 7) is 0. The third kappa shape index (κ3) is 2.88. The summed E-state index contributed by atoms with van der Waals surface area (Å²) in [6.07, 6.45) is -10.2. The van der Waals surface area contributed by atoms with Gasteiger partial charge in [0, 0.05) is 11.1 Å². The van der Waals surface area contributed by atoms with Crippen molar-refractivity contribution in [1.82, 2.24) is 0 Å². The highest BCUT2D eigenvalue weighted by Gasteiger charge is 2.75. The molecular formula is C5F9O3S-. The van der Waals surface area contributed by atoms with Crippen molar-refractivity contribution >= 4 is 11.1 Å². The first-order chi connectivity index (χ1) is 7.77. The number of halogens is 9. The maximum absolute atomic E-state index is 12.4. The summed E-state index contributed by atoms with van der Waals surface area (Å²) in [5, 5.41) is -6.37. The van der Waals surface area contributed by atoms with Gasteiger partial charge in [0.15, 0.2) is 0 Å². The van der Waals surface area contributed by atoms with Crippen LogP contribution in [-0.4, -0.2) is 26.0 Å². The first kappa shape index (κ1) is 17.0. The van der Waals surface area contributed by atoms with Crippen molar-refractivity contribution in [2.45, 2.75) is 17.3 Å². The minimum Gasteiger partial charge on any atom is -0.768 e. The Morgan fingerprint density at radius 1 is 1.00 bits per heavy atom. The minimum atomic E-state index is -6.78. The Morgan fingerprint density at radius 2 is 1.39 bits per heavy atom. The molecule has 1 unspecified atom stereocenters. The molecule has 0 heterocycles. The molecule has 108 valence electrons. The molecule has 0 aromatic rings. The highest BCUT2D eigenvalue weighted by atomic mass is 32.2. The van der Waals surface area contributed by atoms with Gasteiger partial charge in [0.2, 0.25) is 0 Å².